The summed E-state index contributed by atoms with van der Waals surface area (Å²) in [5.74, 6) is -1.27. The van der Waals surface area contributed by atoms with Crippen LogP contribution in [0.25, 0.3) is 0 Å². The maximum atomic E-state index is 11.6. The summed E-state index contributed by atoms with van der Waals surface area (Å²) in [5.41, 5.74) is 5.66. The van der Waals surface area contributed by atoms with E-state index < -0.39 is 24.0 Å². The second kappa shape index (κ2) is 8.03. The molecule has 0 bridgehead atoms. The highest BCUT2D eigenvalue weighted by atomic mass is 16.4. The van der Waals surface area contributed by atoms with Crippen LogP contribution in [0.1, 0.15) is 34.1 Å². The maximum Gasteiger partial charge on any atom is 0.326 e. The standard InChI is InChI=1S/C11H22N2O3.H2O/c1-6(2)5-8(12)10(14)13-9(7(3)4)11(15)16;/h6-9H,5,12H2,1-4H3,(H,13,14)(H,15,16);1H2/t8-,9-;/m0./s1. The molecule has 2 atom stereocenters. The van der Waals surface area contributed by atoms with Crippen molar-refractivity contribution < 1.29 is 20.2 Å². The Morgan fingerprint density at radius 2 is 1.71 bits per heavy atom. The lowest BCUT2D eigenvalue weighted by Gasteiger charge is -2.21. The van der Waals surface area contributed by atoms with E-state index in [2.05, 4.69) is 5.32 Å². The van der Waals surface area contributed by atoms with Crippen LogP contribution < -0.4 is 11.1 Å². The Morgan fingerprint density at radius 1 is 1.24 bits per heavy atom. The smallest absolute Gasteiger partial charge is 0.326 e. The van der Waals surface area contributed by atoms with Crippen LogP contribution in [-0.2, 0) is 9.59 Å². The van der Waals surface area contributed by atoms with Gasteiger partial charge < -0.3 is 21.6 Å². The monoisotopic (exact) mass is 248 g/mol. The molecule has 0 fully saturated rings. The lowest BCUT2D eigenvalue weighted by molar-refractivity contribution is -0.143. The summed E-state index contributed by atoms with van der Waals surface area (Å²) >= 11 is 0. The summed E-state index contributed by atoms with van der Waals surface area (Å²) in [6.07, 6.45) is 0.552. The van der Waals surface area contributed by atoms with E-state index in [1.165, 1.54) is 0 Å². The highest BCUT2D eigenvalue weighted by Crippen LogP contribution is 2.05. The highest BCUT2D eigenvalue weighted by molar-refractivity contribution is 5.86. The van der Waals surface area contributed by atoms with Gasteiger partial charge in [-0.25, -0.2) is 4.79 Å². The third-order valence-electron chi connectivity index (χ3n) is 2.29. The Kier molecular flexibility index (Phi) is 8.61. The van der Waals surface area contributed by atoms with Gasteiger partial charge in [0.2, 0.25) is 5.91 Å². The van der Waals surface area contributed by atoms with E-state index in [4.69, 9.17) is 10.8 Å². The van der Waals surface area contributed by atoms with Gasteiger partial charge in [0.15, 0.2) is 0 Å². The Bertz CT molecular complexity index is 254. The first-order valence-corrected chi connectivity index (χ1v) is 5.54. The molecule has 0 aliphatic rings. The van der Waals surface area contributed by atoms with Crippen molar-refractivity contribution in [3.8, 4) is 0 Å². The van der Waals surface area contributed by atoms with E-state index in [1.807, 2.05) is 13.8 Å². The van der Waals surface area contributed by atoms with E-state index in [0.29, 0.717) is 12.3 Å². The molecule has 17 heavy (non-hydrogen) atoms. The molecule has 0 radical (unpaired) electrons. The average molecular weight is 248 g/mol. The molecule has 6 N–H and O–H groups in total. The number of rotatable bonds is 6. The number of carbonyl (C=O) groups excluding carboxylic acids is 1. The van der Waals surface area contributed by atoms with Crippen molar-refractivity contribution >= 4 is 11.9 Å². The first-order chi connectivity index (χ1) is 7.25. The lowest BCUT2D eigenvalue weighted by atomic mass is 10.0. The predicted molar refractivity (Wildman–Crippen MR) is 65.4 cm³/mol. The largest absolute Gasteiger partial charge is 0.480 e. The van der Waals surface area contributed by atoms with Crippen LogP contribution in [0.3, 0.4) is 0 Å². The number of nitrogens with two attached hydrogens (primary N) is 1. The average Bonchev–Trinajstić information content (AvgIpc) is 2.11. The molecule has 0 aliphatic heterocycles. The summed E-state index contributed by atoms with van der Waals surface area (Å²) in [4.78, 5) is 22.5. The van der Waals surface area contributed by atoms with Crippen LogP contribution in [0.5, 0.6) is 0 Å². The fourth-order valence-corrected chi connectivity index (χ4v) is 1.39. The van der Waals surface area contributed by atoms with Crippen LogP contribution in [0.15, 0.2) is 0 Å². The van der Waals surface area contributed by atoms with Crippen LogP contribution in [0, 0.1) is 11.8 Å². The molecule has 0 unspecified atom stereocenters. The summed E-state index contributed by atoms with van der Waals surface area (Å²) in [6, 6.07) is -1.51. The number of carboxylic acids is 1. The summed E-state index contributed by atoms with van der Waals surface area (Å²) in [5, 5.41) is 11.4. The molecule has 0 aromatic rings. The SMILES string of the molecule is CC(C)C[C@H](N)C(=O)N[C@H](C(=O)O)C(C)C.O. The van der Waals surface area contributed by atoms with Crippen LogP contribution in [-0.4, -0.2) is 34.5 Å². The molecule has 0 saturated carbocycles. The number of hydrogen-bond acceptors (Lipinski definition) is 3. The molecule has 102 valence electrons. The number of hydrogen-bond donors (Lipinski definition) is 3. The van der Waals surface area contributed by atoms with Crippen molar-refractivity contribution in [1.29, 1.82) is 0 Å². The maximum absolute atomic E-state index is 11.6. The van der Waals surface area contributed by atoms with Crippen molar-refractivity contribution in [2.75, 3.05) is 0 Å². The molecule has 0 aromatic heterocycles. The van der Waals surface area contributed by atoms with Crippen molar-refractivity contribution in [1.82, 2.24) is 5.32 Å². The van der Waals surface area contributed by atoms with Gasteiger partial charge in [0.05, 0.1) is 6.04 Å². The minimum Gasteiger partial charge on any atom is -0.480 e. The summed E-state index contributed by atoms with van der Waals surface area (Å²) in [7, 11) is 0. The van der Waals surface area contributed by atoms with Crippen molar-refractivity contribution in [3.63, 3.8) is 0 Å². The van der Waals surface area contributed by atoms with Gasteiger partial charge in [0.25, 0.3) is 0 Å². The first-order valence-electron chi connectivity index (χ1n) is 5.54. The van der Waals surface area contributed by atoms with Gasteiger partial charge in [-0.05, 0) is 18.3 Å². The molecule has 1 amide bonds. The Labute approximate surface area is 102 Å². The van der Waals surface area contributed by atoms with Gasteiger partial charge in [-0.15, -0.1) is 0 Å². The van der Waals surface area contributed by atoms with Crippen LogP contribution >= 0.6 is 0 Å². The highest BCUT2D eigenvalue weighted by Gasteiger charge is 2.25. The molecule has 0 heterocycles. The lowest BCUT2D eigenvalue weighted by Crippen LogP contribution is -2.50. The van der Waals surface area contributed by atoms with Gasteiger partial charge in [-0.2, -0.15) is 0 Å². The number of nitrogens with one attached hydrogen (secondary N) is 1. The zero-order chi connectivity index (χ0) is 12.9. The van der Waals surface area contributed by atoms with Crippen molar-refractivity contribution in [2.45, 2.75) is 46.2 Å². The minimum absolute atomic E-state index is 0. The summed E-state index contributed by atoms with van der Waals surface area (Å²) in [6.45, 7) is 7.41. The first kappa shape index (κ1) is 18.2. The molecule has 0 spiro atoms. The van der Waals surface area contributed by atoms with Crippen molar-refractivity contribution in [3.05, 3.63) is 0 Å². The fraction of sp³-hybridized carbons (Fsp3) is 0.818. The van der Waals surface area contributed by atoms with Gasteiger partial charge in [-0.3, -0.25) is 4.79 Å². The van der Waals surface area contributed by atoms with Gasteiger partial charge in [0.1, 0.15) is 6.04 Å². The Morgan fingerprint density at radius 3 is 2.00 bits per heavy atom. The molecular formula is C11H24N2O4. The van der Waals surface area contributed by atoms with E-state index in [1.54, 1.807) is 13.8 Å². The van der Waals surface area contributed by atoms with Crippen LogP contribution in [0.4, 0.5) is 0 Å². The quantitative estimate of drug-likeness (QED) is 0.600. The Hall–Kier alpha value is -1.14. The zero-order valence-electron chi connectivity index (χ0n) is 10.9. The molecule has 0 aromatic carbocycles. The number of aliphatic carboxylic acids is 1. The number of carboxylic acid groups (broad SMARTS) is 1. The molecule has 6 heteroatoms. The van der Waals surface area contributed by atoms with Gasteiger partial charge in [0, 0.05) is 0 Å². The number of amides is 1. The molecular weight excluding hydrogens is 224 g/mol. The molecule has 0 rings (SSSR count). The van der Waals surface area contributed by atoms with E-state index in [-0.39, 0.29) is 11.4 Å². The zero-order valence-corrected chi connectivity index (χ0v) is 10.9. The molecule has 0 saturated heterocycles. The van der Waals surface area contributed by atoms with E-state index in [9.17, 15) is 9.59 Å². The van der Waals surface area contributed by atoms with E-state index in [0.717, 1.165) is 0 Å². The Balaban J connectivity index is 0. The minimum atomic E-state index is -1.03. The second-order valence-corrected chi connectivity index (χ2v) is 4.80. The topological polar surface area (TPSA) is 124 Å². The van der Waals surface area contributed by atoms with Crippen molar-refractivity contribution in [2.24, 2.45) is 17.6 Å². The van der Waals surface area contributed by atoms with Crippen LogP contribution in [0.2, 0.25) is 0 Å². The predicted octanol–water partition coefficient (Wildman–Crippen LogP) is -0.239. The third-order valence-corrected chi connectivity index (χ3v) is 2.29. The van der Waals surface area contributed by atoms with E-state index >= 15 is 0 Å². The normalized spacial score (nSPS) is 14.1. The van der Waals surface area contributed by atoms with Gasteiger partial charge in [-0.1, -0.05) is 27.7 Å². The summed E-state index contributed by atoms with van der Waals surface area (Å²) < 4.78 is 0. The fourth-order valence-electron chi connectivity index (χ4n) is 1.39. The van der Waals surface area contributed by atoms with Gasteiger partial charge >= 0.3 is 5.97 Å². The second-order valence-electron chi connectivity index (χ2n) is 4.80. The molecule has 6 nitrogen and oxygen atoms in total. The third kappa shape index (κ3) is 6.91. The number of carbonyl (C=O) groups is 2. The molecule has 0 aliphatic carbocycles.